The van der Waals surface area contributed by atoms with Crippen molar-refractivity contribution in [2.24, 2.45) is 0 Å². The summed E-state index contributed by atoms with van der Waals surface area (Å²) in [5, 5.41) is 15.2. The Morgan fingerprint density at radius 3 is 2.29 bits per heavy atom. The van der Waals surface area contributed by atoms with Gasteiger partial charge in [-0.15, -0.1) is 0 Å². The van der Waals surface area contributed by atoms with Gasteiger partial charge in [0.25, 0.3) is 0 Å². The first-order valence-corrected chi connectivity index (χ1v) is 7.78. The monoisotopic (exact) mass is 343 g/mol. The fourth-order valence-corrected chi connectivity index (χ4v) is 2.62. The van der Waals surface area contributed by atoms with Crippen LogP contribution in [0.2, 0.25) is 15.1 Å². The minimum Gasteiger partial charge on any atom is -0.387 e. The SMILES string of the molecule is OC(CNCCc1ccc(Cl)cc1Cl)c1ccc(Cl)cc1. The van der Waals surface area contributed by atoms with Crippen molar-refractivity contribution in [3.05, 3.63) is 68.7 Å². The highest BCUT2D eigenvalue weighted by Crippen LogP contribution is 2.21. The third kappa shape index (κ3) is 5.17. The van der Waals surface area contributed by atoms with Gasteiger partial charge in [-0.1, -0.05) is 53.0 Å². The van der Waals surface area contributed by atoms with Gasteiger partial charge in [-0.05, 0) is 48.4 Å². The molecule has 1 unspecified atom stereocenters. The van der Waals surface area contributed by atoms with E-state index in [4.69, 9.17) is 34.8 Å². The molecule has 0 aliphatic heterocycles. The summed E-state index contributed by atoms with van der Waals surface area (Å²) in [7, 11) is 0. The van der Waals surface area contributed by atoms with Crippen LogP contribution in [0.15, 0.2) is 42.5 Å². The number of rotatable bonds is 6. The zero-order valence-electron chi connectivity index (χ0n) is 11.3. The zero-order valence-corrected chi connectivity index (χ0v) is 13.6. The molecule has 2 aromatic rings. The van der Waals surface area contributed by atoms with Crippen LogP contribution in [0, 0.1) is 0 Å². The summed E-state index contributed by atoms with van der Waals surface area (Å²) in [4.78, 5) is 0. The van der Waals surface area contributed by atoms with E-state index >= 15 is 0 Å². The molecule has 0 heterocycles. The zero-order chi connectivity index (χ0) is 15.2. The summed E-state index contributed by atoms with van der Waals surface area (Å²) in [6.07, 6.45) is 0.228. The summed E-state index contributed by atoms with van der Waals surface area (Å²) in [5.74, 6) is 0. The number of aliphatic hydroxyl groups is 1. The quantitative estimate of drug-likeness (QED) is 0.756. The molecule has 2 N–H and O–H groups in total. The fourth-order valence-electron chi connectivity index (χ4n) is 1.99. The van der Waals surface area contributed by atoms with Gasteiger partial charge in [0.1, 0.15) is 0 Å². The average Bonchev–Trinajstić information content (AvgIpc) is 2.46. The van der Waals surface area contributed by atoms with Crippen molar-refractivity contribution in [1.29, 1.82) is 0 Å². The van der Waals surface area contributed by atoms with Crippen molar-refractivity contribution in [1.82, 2.24) is 5.32 Å². The average molecular weight is 345 g/mol. The van der Waals surface area contributed by atoms with E-state index in [0.717, 1.165) is 24.1 Å². The van der Waals surface area contributed by atoms with Gasteiger partial charge in [0.15, 0.2) is 0 Å². The second kappa shape index (κ2) is 8.02. The summed E-state index contributed by atoms with van der Waals surface area (Å²) in [5.41, 5.74) is 1.88. The molecular weight excluding hydrogens is 329 g/mol. The van der Waals surface area contributed by atoms with Crippen molar-refractivity contribution in [3.63, 3.8) is 0 Å². The standard InChI is InChI=1S/C16H16Cl3NO/c17-13-4-2-12(3-5-13)16(21)10-20-8-7-11-1-6-14(18)9-15(11)19/h1-6,9,16,20-21H,7-8,10H2. The van der Waals surface area contributed by atoms with Crippen molar-refractivity contribution in [2.75, 3.05) is 13.1 Å². The van der Waals surface area contributed by atoms with Gasteiger partial charge >= 0.3 is 0 Å². The minimum atomic E-state index is -0.553. The molecule has 0 radical (unpaired) electrons. The number of aliphatic hydroxyl groups excluding tert-OH is 1. The van der Waals surface area contributed by atoms with Crippen molar-refractivity contribution in [3.8, 4) is 0 Å². The van der Waals surface area contributed by atoms with E-state index in [1.54, 1.807) is 18.2 Å². The van der Waals surface area contributed by atoms with Gasteiger partial charge in [-0.2, -0.15) is 0 Å². The molecular formula is C16H16Cl3NO. The summed E-state index contributed by atoms with van der Waals surface area (Å²) in [6.45, 7) is 1.21. The van der Waals surface area contributed by atoms with E-state index < -0.39 is 6.10 Å². The largest absolute Gasteiger partial charge is 0.387 e. The molecule has 0 aliphatic rings. The van der Waals surface area contributed by atoms with Crippen molar-refractivity contribution in [2.45, 2.75) is 12.5 Å². The van der Waals surface area contributed by atoms with Crippen LogP contribution in [0.1, 0.15) is 17.2 Å². The predicted molar refractivity (Wildman–Crippen MR) is 89.4 cm³/mol. The molecule has 2 aromatic carbocycles. The normalized spacial score (nSPS) is 12.4. The topological polar surface area (TPSA) is 32.3 Å². The van der Waals surface area contributed by atoms with E-state index in [1.807, 2.05) is 24.3 Å². The Morgan fingerprint density at radius 1 is 0.952 bits per heavy atom. The van der Waals surface area contributed by atoms with E-state index in [-0.39, 0.29) is 0 Å². The van der Waals surface area contributed by atoms with Gasteiger partial charge in [0.05, 0.1) is 6.10 Å². The lowest BCUT2D eigenvalue weighted by atomic mass is 10.1. The van der Waals surface area contributed by atoms with Crippen LogP contribution in [-0.2, 0) is 6.42 Å². The van der Waals surface area contributed by atoms with Crippen molar-refractivity contribution >= 4 is 34.8 Å². The van der Waals surface area contributed by atoms with E-state index in [0.29, 0.717) is 21.6 Å². The molecule has 0 saturated carbocycles. The maximum atomic E-state index is 10.1. The Hall–Kier alpha value is -0.770. The first-order valence-electron chi connectivity index (χ1n) is 6.64. The molecule has 0 aromatic heterocycles. The van der Waals surface area contributed by atoms with Crippen LogP contribution >= 0.6 is 34.8 Å². The number of nitrogens with one attached hydrogen (secondary N) is 1. The molecule has 2 rings (SSSR count). The summed E-state index contributed by atoms with van der Waals surface area (Å²) in [6, 6.07) is 12.7. The van der Waals surface area contributed by atoms with Gasteiger partial charge in [-0.25, -0.2) is 0 Å². The summed E-state index contributed by atoms with van der Waals surface area (Å²) >= 11 is 17.8. The van der Waals surface area contributed by atoms with Gasteiger partial charge in [0.2, 0.25) is 0 Å². The smallest absolute Gasteiger partial charge is 0.0914 e. The van der Waals surface area contributed by atoms with E-state index in [2.05, 4.69) is 5.32 Å². The molecule has 0 aliphatic carbocycles. The first-order chi connectivity index (χ1) is 10.1. The Kier molecular flexibility index (Phi) is 6.34. The van der Waals surface area contributed by atoms with Gasteiger partial charge in [-0.3, -0.25) is 0 Å². The highest BCUT2D eigenvalue weighted by Gasteiger charge is 2.07. The van der Waals surface area contributed by atoms with Crippen LogP contribution in [-0.4, -0.2) is 18.2 Å². The lowest BCUT2D eigenvalue weighted by molar-refractivity contribution is 0.175. The first kappa shape index (κ1) is 16.6. The van der Waals surface area contributed by atoms with Gasteiger partial charge in [0, 0.05) is 21.6 Å². The minimum absolute atomic E-state index is 0.479. The Morgan fingerprint density at radius 2 is 1.62 bits per heavy atom. The predicted octanol–water partition coefficient (Wildman–Crippen LogP) is 4.51. The Bertz CT molecular complexity index is 587. The molecule has 0 bridgehead atoms. The van der Waals surface area contributed by atoms with E-state index in [1.165, 1.54) is 0 Å². The maximum Gasteiger partial charge on any atom is 0.0914 e. The molecule has 0 amide bonds. The van der Waals surface area contributed by atoms with Crippen LogP contribution in [0.5, 0.6) is 0 Å². The fraction of sp³-hybridized carbons (Fsp3) is 0.250. The van der Waals surface area contributed by atoms with Crippen molar-refractivity contribution < 1.29 is 5.11 Å². The molecule has 0 saturated heterocycles. The number of benzene rings is 2. The van der Waals surface area contributed by atoms with Crippen LogP contribution in [0.3, 0.4) is 0 Å². The second-order valence-electron chi connectivity index (χ2n) is 4.76. The van der Waals surface area contributed by atoms with Crippen LogP contribution in [0.25, 0.3) is 0 Å². The van der Waals surface area contributed by atoms with Gasteiger partial charge < -0.3 is 10.4 Å². The molecule has 2 nitrogen and oxygen atoms in total. The van der Waals surface area contributed by atoms with E-state index in [9.17, 15) is 5.11 Å². The highest BCUT2D eigenvalue weighted by molar-refractivity contribution is 6.35. The Balaban J connectivity index is 1.77. The number of hydrogen-bond acceptors (Lipinski definition) is 2. The third-order valence-corrected chi connectivity index (χ3v) is 4.02. The second-order valence-corrected chi connectivity index (χ2v) is 6.04. The van der Waals surface area contributed by atoms with Crippen LogP contribution < -0.4 is 5.32 Å². The molecule has 1 atom stereocenters. The van der Waals surface area contributed by atoms with Crippen LogP contribution in [0.4, 0.5) is 0 Å². The number of halogens is 3. The number of hydrogen-bond donors (Lipinski definition) is 2. The lowest BCUT2D eigenvalue weighted by Gasteiger charge is -2.12. The highest BCUT2D eigenvalue weighted by atomic mass is 35.5. The molecule has 112 valence electrons. The molecule has 0 fully saturated rings. The maximum absolute atomic E-state index is 10.1. The Labute approximate surface area is 139 Å². The molecule has 21 heavy (non-hydrogen) atoms. The molecule has 0 spiro atoms. The summed E-state index contributed by atoms with van der Waals surface area (Å²) < 4.78 is 0. The third-order valence-electron chi connectivity index (χ3n) is 3.18. The lowest BCUT2D eigenvalue weighted by Crippen LogP contribution is -2.23. The molecule has 5 heteroatoms.